The molecular weight excluding hydrogens is 264 g/mol. The van der Waals surface area contributed by atoms with Crippen LogP contribution in [-0.2, 0) is 5.33 Å². The van der Waals surface area contributed by atoms with E-state index in [2.05, 4.69) is 15.9 Å². The molecule has 2 aromatic rings. The second-order valence-electron chi connectivity index (χ2n) is 2.88. The molecule has 0 spiro atoms. The van der Waals surface area contributed by atoms with Crippen molar-refractivity contribution < 1.29 is 9.90 Å². The highest BCUT2D eigenvalue weighted by Gasteiger charge is 2.11. The first kappa shape index (κ1) is 9.68. The largest absolute Gasteiger partial charge is 0.507 e. The van der Waals surface area contributed by atoms with Crippen LogP contribution in [0.2, 0.25) is 0 Å². The van der Waals surface area contributed by atoms with Gasteiger partial charge in [0.1, 0.15) is 5.75 Å². The van der Waals surface area contributed by atoms with E-state index in [0.717, 1.165) is 15.6 Å². The van der Waals surface area contributed by atoms with Crippen molar-refractivity contribution in [2.75, 3.05) is 0 Å². The first-order chi connectivity index (χ1) is 6.77. The first-order valence-corrected chi connectivity index (χ1v) is 6.01. The Morgan fingerprint density at radius 3 is 3.00 bits per heavy atom. The van der Waals surface area contributed by atoms with Crippen LogP contribution in [0.1, 0.15) is 15.9 Å². The molecule has 0 saturated carbocycles. The van der Waals surface area contributed by atoms with E-state index in [-0.39, 0.29) is 5.75 Å². The van der Waals surface area contributed by atoms with E-state index in [1.54, 1.807) is 6.07 Å². The third-order valence-corrected chi connectivity index (χ3v) is 3.66. The van der Waals surface area contributed by atoms with Gasteiger partial charge in [-0.3, -0.25) is 4.79 Å². The Morgan fingerprint density at radius 2 is 2.36 bits per heavy atom. The van der Waals surface area contributed by atoms with Crippen molar-refractivity contribution in [2.45, 2.75) is 5.33 Å². The van der Waals surface area contributed by atoms with Crippen molar-refractivity contribution in [3.8, 4) is 5.75 Å². The van der Waals surface area contributed by atoms with E-state index in [0.29, 0.717) is 17.2 Å². The van der Waals surface area contributed by atoms with Crippen LogP contribution in [0, 0.1) is 0 Å². The number of rotatable bonds is 2. The molecule has 0 aliphatic carbocycles. The lowest BCUT2D eigenvalue weighted by Crippen LogP contribution is -1.86. The molecule has 0 aliphatic heterocycles. The second-order valence-corrected chi connectivity index (χ2v) is 4.36. The summed E-state index contributed by atoms with van der Waals surface area (Å²) in [5, 5.41) is 13.2. The van der Waals surface area contributed by atoms with Crippen LogP contribution in [-0.4, -0.2) is 11.4 Å². The van der Waals surface area contributed by atoms with Crippen LogP contribution in [0.5, 0.6) is 5.75 Å². The van der Waals surface area contributed by atoms with Crippen molar-refractivity contribution >= 4 is 43.6 Å². The number of aromatic hydroxyl groups is 1. The average molecular weight is 271 g/mol. The van der Waals surface area contributed by atoms with Crippen molar-refractivity contribution in [3.05, 3.63) is 28.6 Å². The van der Waals surface area contributed by atoms with E-state index in [4.69, 9.17) is 0 Å². The summed E-state index contributed by atoms with van der Waals surface area (Å²) in [5.41, 5.74) is 1.39. The molecule has 2 rings (SSSR count). The van der Waals surface area contributed by atoms with Crippen molar-refractivity contribution in [3.63, 3.8) is 0 Å². The number of fused-ring (bicyclic) bond motifs is 1. The Morgan fingerprint density at radius 1 is 1.57 bits per heavy atom. The molecule has 0 atom stereocenters. The predicted octanol–water partition coefficient (Wildman–Crippen LogP) is 3.31. The highest BCUT2D eigenvalue weighted by molar-refractivity contribution is 9.08. The Hall–Kier alpha value is -0.870. The Labute approximate surface area is 93.3 Å². The third kappa shape index (κ3) is 1.35. The topological polar surface area (TPSA) is 37.3 Å². The SMILES string of the molecule is O=Cc1c(O)cc(CBr)c2ccsc12. The fourth-order valence-corrected chi connectivity index (χ4v) is 2.84. The molecule has 4 heteroatoms. The van der Waals surface area contributed by atoms with Crippen molar-refractivity contribution in [2.24, 2.45) is 0 Å². The Balaban J connectivity index is 2.88. The Kier molecular flexibility index (Phi) is 2.56. The fraction of sp³-hybridized carbons (Fsp3) is 0.100. The van der Waals surface area contributed by atoms with E-state index < -0.39 is 0 Å². The van der Waals surface area contributed by atoms with Crippen LogP contribution >= 0.6 is 27.3 Å². The number of hydrogen-bond acceptors (Lipinski definition) is 3. The summed E-state index contributed by atoms with van der Waals surface area (Å²) < 4.78 is 0.856. The van der Waals surface area contributed by atoms with Crippen LogP contribution in [0.25, 0.3) is 10.1 Å². The summed E-state index contributed by atoms with van der Waals surface area (Å²) in [6.07, 6.45) is 0.701. The van der Waals surface area contributed by atoms with Gasteiger partial charge in [0.05, 0.1) is 5.56 Å². The number of thiophene rings is 1. The van der Waals surface area contributed by atoms with Gasteiger partial charge in [-0.1, -0.05) is 15.9 Å². The number of alkyl halides is 1. The molecule has 0 unspecified atom stereocenters. The minimum absolute atomic E-state index is 0.0596. The number of carbonyl (C=O) groups is 1. The van der Waals surface area contributed by atoms with E-state index in [1.807, 2.05) is 11.4 Å². The van der Waals surface area contributed by atoms with Gasteiger partial charge in [0, 0.05) is 10.0 Å². The smallest absolute Gasteiger partial charge is 0.155 e. The molecular formula is C10H7BrO2S. The van der Waals surface area contributed by atoms with Gasteiger partial charge in [-0.15, -0.1) is 11.3 Å². The maximum atomic E-state index is 10.8. The van der Waals surface area contributed by atoms with Gasteiger partial charge < -0.3 is 5.11 Å². The summed E-state index contributed by atoms with van der Waals surface area (Å²) in [4.78, 5) is 10.8. The number of aldehydes is 1. The zero-order chi connectivity index (χ0) is 10.1. The standard InChI is InChI=1S/C10H7BrO2S/c11-4-6-3-9(13)8(5-12)10-7(6)1-2-14-10/h1-3,5,13H,4H2. The highest BCUT2D eigenvalue weighted by Crippen LogP contribution is 2.34. The molecule has 72 valence electrons. The third-order valence-electron chi connectivity index (χ3n) is 2.10. The monoisotopic (exact) mass is 270 g/mol. The number of benzene rings is 1. The van der Waals surface area contributed by atoms with E-state index in [1.165, 1.54) is 11.3 Å². The Bertz CT molecular complexity index is 490. The molecule has 2 nitrogen and oxygen atoms in total. The van der Waals surface area contributed by atoms with Gasteiger partial charge >= 0.3 is 0 Å². The van der Waals surface area contributed by atoms with E-state index >= 15 is 0 Å². The molecule has 0 aliphatic rings. The summed E-state index contributed by atoms with van der Waals surface area (Å²) in [7, 11) is 0. The predicted molar refractivity (Wildman–Crippen MR) is 61.5 cm³/mol. The second kappa shape index (κ2) is 3.71. The maximum Gasteiger partial charge on any atom is 0.155 e. The van der Waals surface area contributed by atoms with Crippen LogP contribution in [0.15, 0.2) is 17.5 Å². The van der Waals surface area contributed by atoms with Gasteiger partial charge in [0.15, 0.2) is 6.29 Å². The molecule has 0 bridgehead atoms. The zero-order valence-corrected chi connectivity index (χ0v) is 9.56. The molecule has 0 saturated heterocycles. The van der Waals surface area contributed by atoms with Crippen molar-refractivity contribution in [1.29, 1.82) is 0 Å². The summed E-state index contributed by atoms with van der Waals surface area (Å²) in [5.74, 6) is 0.0596. The quantitative estimate of drug-likeness (QED) is 0.672. The molecule has 0 amide bonds. The molecule has 1 N–H and O–H groups in total. The lowest BCUT2D eigenvalue weighted by Gasteiger charge is -2.03. The lowest BCUT2D eigenvalue weighted by molar-refractivity contribution is 0.112. The lowest BCUT2D eigenvalue weighted by atomic mass is 10.1. The van der Waals surface area contributed by atoms with Crippen LogP contribution in [0.3, 0.4) is 0 Å². The minimum Gasteiger partial charge on any atom is -0.507 e. The molecule has 0 fully saturated rings. The zero-order valence-electron chi connectivity index (χ0n) is 7.16. The first-order valence-electron chi connectivity index (χ1n) is 4.01. The number of halogens is 1. The average Bonchev–Trinajstić information content (AvgIpc) is 2.65. The van der Waals surface area contributed by atoms with E-state index in [9.17, 15) is 9.90 Å². The maximum absolute atomic E-state index is 10.8. The summed E-state index contributed by atoms with van der Waals surface area (Å²) in [6.45, 7) is 0. The summed E-state index contributed by atoms with van der Waals surface area (Å²) >= 11 is 4.82. The molecule has 0 radical (unpaired) electrons. The van der Waals surface area contributed by atoms with Gasteiger partial charge in [-0.2, -0.15) is 0 Å². The van der Waals surface area contributed by atoms with Gasteiger partial charge in [-0.05, 0) is 28.5 Å². The molecule has 1 heterocycles. The number of phenolic OH excluding ortho intramolecular Hbond substituents is 1. The number of hydrogen-bond donors (Lipinski definition) is 1. The number of carbonyl (C=O) groups excluding carboxylic acids is 1. The van der Waals surface area contributed by atoms with Gasteiger partial charge in [-0.25, -0.2) is 0 Å². The van der Waals surface area contributed by atoms with Gasteiger partial charge in [0.2, 0.25) is 0 Å². The highest BCUT2D eigenvalue weighted by atomic mass is 79.9. The van der Waals surface area contributed by atoms with Crippen LogP contribution < -0.4 is 0 Å². The minimum atomic E-state index is 0.0596. The van der Waals surface area contributed by atoms with Gasteiger partial charge in [0.25, 0.3) is 0 Å². The fourth-order valence-electron chi connectivity index (χ4n) is 1.43. The van der Waals surface area contributed by atoms with Crippen molar-refractivity contribution in [1.82, 2.24) is 0 Å². The van der Waals surface area contributed by atoms with Crippen LogP contribution in [0.4, 0.5) is 0 Å². The summed E-state index contributed by atoms with van der Waals surface area (Å²) in [6, 6.07) is 3.59. The molecule has 1 aromatic carbocycles. The number of phenols is 1. The molecule has 1 aromatic heterocycles. The normalized spacial score (nSPS) is 10.6. The molecule has 14 heavy (non-hydrogen) atoms.